The molecule has 5 nitrogen and oxygen atoms in total. The molecule has 1 aromatic heterocycles. The summed E-state index contributed by atoms with van der Waals surface area (Å²) >= 11 is 1.60. The van der Waals surface area contributed by atoms with Crippen LogP contribution in [0, 0.1) is 13.8 Å². The van der Waals surface area contributed by atoms with Crippen LogP contribution in [0.2, 0.25) is 0 Å². The van der Waals surface area contributed by atoms with Crippen LogP contribution in [0.4, 0.5) is 13.2 Å². The summed E-state index contributed by atoms with van der Waals surface area (Å²) in [5, 5.41) is 7.13. The maximum Gasteiger partial charge on any atom is 0.573 e. The number of alkyl halides is 3. The van der Waals surface area contributed by atoms with Crippen LogP contribution in [-0.4, -0.2) is 23.9 Å². The van der Waals surface area contributed by atoms with E-state index in [1.54, 1.807) is 23.5 Å². The number of hydrogen-bond donors (Lipinski definition) is 2. The van der Waals surface area contributed by atoms with Crippen LogP contribution >= 0.6 is 35.3 Å². The second kappa shape index (κ2) is 10.7. The van der Waals surface area contributed by atoms with E-state index in [1.807, 2.05) is 20.8 Å². The van der Waals surface area contributed by atoms with Gasteiger partial charge in [0.2, 0.25) is 0 Å². The predicted octanol–water partition coefficient (Wildman–Crippen LogP) is 4.53. The second-order valence-electron chi connectivity index (χ2n) is 5.45. The zero-order valence-corrected chi connectivity index (χ0v) is 18.3. The molecule has 0 bridgehead atoms. The summed E-state index contributed by atoms with van der Waals surface area (Å²) in [5.74, 6) is 0.255. The standard InChI is InChI=1S/C17H21F3N4OS.HI/c1-4-21-16(23-10-15-24-11(2)12(3)26-15)22-9-13-7-5-6-8-14(13)25-17(18,19)20;/h5-8H,4,9-10H2,1-3H3,(H2,21,22,23);1H. The lowest BCUT2D eigenvalue weighted by atomic mass is 10.2. The number of nitrogens with zero attached hydrogens (tertiary/aromatic N) is 2. The van der Waals surface area contributed by atoms with Gasteiger partial charge in [-0.3, -0.25) is 0 Å². The molecular formula is C17H22F3IN4OS. The Morgan fingerprint density at radius 3 is 2.52 bits per heavy atom. The molecule has 1 heterocycles. The van der Waals surface area contributed by atoms with E-state index in [2.05, 4.69) is 25.3 Å². The highest BCUT2D eigenvalue weighted by atomic mass is 127. The quantitative estimate of drug-likeness (QED) is 0.338. The van der Waals surface area contributed by atoms with Crippen molar-refractivity contribution >= 4 is 41.3 Å². The second-order valence-corrected chi connectivity index (χ2v) is 6.74. The monoisotopic (exact) mass is 514 g/mol. The maximum absolute atomic E-state index is 12.5. The van der Waals surface area contributed by atoms with Crippen molar-refractivity contribution in [1.29, 1.82) is 0 Å². The molecule has 0 fully saturated rings. The number of benzene rings is 1. The summed E-state index contributed by atoms with van der Waals surface area (Å²) in [6.07, 6.45) is -4.73. The first-order valence-corrected chi connectivity index (χ1v) is 8.89. The molecule has 2 rings (SSSR count). The van der Waals surface area contributed by atoms with Crippen LogP contribution in [0.25, 0.3) is 0 Å². The number of thiazole rings is 1. The van der Waals surface area contributed by atoms with Crippen molar-refractivity contribution in [3.63, 3.8) is 0 Å². The number of aryl methyl sites for hydroxylation is 2. The number of rotatable bonds is 6. The minimum Gasteiger partial charge on any atom is -0.405 e. The molecule has 2 aromatic rings. The molecule has 10 heteroatoms. The van der Waals surface area contributed by atoms with Crippen LogP contribution < -0.4 is 15.4 Å². The van der Waals surface area contributed by atoms with E-state index in [4.69, 9.17) is 0 Å². The summed E-state index contributed by atoms with van der Waals surface area (Å²) in [5.41, 5.74) is 1.34. The minimum atomic E-state index is -4.73. The maximum atomic E-state index is 12.5. The Kier molecular flexibility index (Phi) is 9.30. The first-order chi connectivity index (χ1) is 12.3. The van der Waals surface area contributed by atoms with Gasteiger partial charge in [0.15, 0.2) is 5.96 Å². The van der Waals surface area contributed by atoms with E-state index in [0.29, 0.717) is 24.6 Å². The molecule has 0 amide bonds. The molecule has 27 heavy (non-hydrogen) atoms. The molecule has 0 spiro atoms. The van der Waals surface area contributed by atoms with Gasteiger partial charge in [-0.2, -0.15) is 0 Å². The number of para-hydroxylation sites is 1. The number of nitrogens with one attached hydrogen (secondary N) is 2. The molecule has 0 atom stereocenters. The molecule has 0 saturated carbocycles. The first-order valence-electron chi connectivity index (χ1n) is 8.07. The molecule has 0 aliphatic heterocycles. The normalized spacial score (nSPS) is 11.7. The van der Waals surface area contributed by atoms with E-state index in [-0.39, 0.29) is 36.3 Å². The lowest BCUT2D eigenvalue weighted by Crippen LogP contribution is -2.36. The summed E-state index contributed by atoms with van der Waals surface area (Å²) in [7, 11) is 0. The van der Waals surface area contributed by atoms with Gasteiger partial charge in [-0.25, -0.2) is 9.98 Å². The van der Waals surface area contributed by atoms with E-state index in [9.17, 15) is 13.2 Å². The number of guanidine groups is 1. The Hall–Kier alpha value is -1.56. The van der Waals surface area contributed by atoms with E-state index in [0.717, 1.165) is 15.6 Å². The van der Waals surface area contributed by atoms with E-state index in [1.165, 1.54) is 12.1 Å². The van der Waals surface area contributed by atoms with Gasteiger partial charge in [-0.15, -0.1) is 48.5 Å². The summed E-state index contributed by atoms with van der Waals surface area (Å²) in [6.45, 7) is 7.04. The average molecular weight is 514 g/mol. The molecule has 0 aliphatic carbocycles. The first kappa shape index (κ1) is 23.5. The van der Waals surface area contributed by atoms with Gasteiger partial charge in [0.05, 0.1) is 18.8 Å². The fraction of sp³-hybridized carbons (Fsp3) is 0.412. The Labute approximate surface area is 177 Å². The fourth-order valence-corrected chi connectivity index (χ4v) is 3.01. The van der Waals surface area contributed by atoms with Crippen molar-refractivity contribution in [2.45, 2.75) is 40.2 Å². The van der Waals surface area contributed by atoms with E-state index >= 15 is 0 Å². The fourth-order valence-electron chi connectivity index (χ4n) is 2.14. The zero-order chi connectivity index (χ0) is 19.2. The highest BCUT2D eigenvalue weighted by molar-refractivity contribution is 14.0. The molecule has 0 saturated heterocycles. The predicted molar refractivity (Wildman–Crippen MR) is 112 cm³/mol. The molecule has 0 aliphatic rings. The van der Waals surface area contributed by atoms with Crippen LogP contribution in [0.5, 0.6) is 5.75 Å². The van der Waals surface area contributed by atoms with Gasteiger partial charge in [-0.1, -0.05) is 18.2 Å². The van der Waals surface area contributed by atoms with E-state index < -0.39 is 6.36 Å². The van der Waals surface area contributed by atoms with Crippen LogP contribution in [0.1, 0.15) is 28.1 Å². The van der Waals surface area contributed by atoms with Crippen molar-refractivity contribution in [3.05, 3.63) is 45.4 Å². The number of aliphatic imine (C=N–C) groups is 1. The Bertz CT molecular complexity index is 745. The van der Waals surface area contributed by atoms with Gasteiger partial charge >= 0.3 is 6.36 Å². The third-order valence-corrected chi connectivity index (χ3v) is 4.50. The average Bonchev–Trinajstić information content (AvgIpc) is 2.88. The van der Waals surface area contributed by atoms with Crippen LogP contribution in [-0.2, 0) is 13.1 Å². The molecule has 0 radical (unpaired) electrons. The number of ether oxygens (including phenoxy) is 1. The summed E-state index contributed by atoms with van der Waals surface area (Å²) in [6, 6.07) is 5.97. The summed E-state index contributed by atoms with van der Waals surface area (Å²) < 4.78 is 41.5. The van der Waals surface area contributed by atoms with Crippen LogP contribution in [0.3, 0.4) is 0 Å². The van der Waals surface area contributed by atoms with Crippen LogP contribution in [0.15, 0.2) is 29.3 Å². The van der Waals surface area contributed by atoms with Gasteiger partial charge in [0.25, 0.3) is 0 Å². The van der Waals surface area contributed by atoms with Gasteiger partial charge in [0, 0.05) is 17.0 Å². The molecular weight excluding hydrogens is 492 g/mol. The Balaban J connectivity index is 0.00000364. The largest absolute Gasteiger partial charge is 0.573 e. The smallest absolute Gasteiger partial charge is 0.405 e. The van der Waals surface area contributed by atoms with Crippen molar-refractivity contribution in [2.75, 3.05) is 6.54 Å². The number of aromatic nitrogens is 1. The molecule has 2 N–H and O–H groups in total. The third kappa shape index (κ3) is 7.91. The SMILES string of the molecule is CCNC(=NCc1ccccc1OC(F)(F)F)NCc1nc(C)c(C)s1.I. The molecule has 1 aromatic carbocycles. The van der Waals surface area contributed by atoms with Crippen molar-refractivity contribution in [1.82, 2.24) is 15.6 Å². The highest BCUT2D eigenvalue weighted by Gasteiger charge is 2.31. The topological polar surface area (TPSA) is 58.5 Å². The minimum absolute atomic E-state index is 0. The highest BCUT2D eigenvalue weighted by Crippen LogP contribution is 2.26. The van der Waals surface area contributed by atoms with Crippen molar-refractivity contribution in [2.24, 2.45) is 4.99 Å². The third-order valence-electron chi connectivity index (χ3n) is 3.43. The Morgan fingerprint density at radius 1 is 1.22 bits per heavy atom. The van der Waals surface area contributed by atoms with Gasteiger partial charge in [0.1, 0.15) is 10.8 Å². The number of halogens is 4. The molecule has 0 unspecified atom stereocenters. The zero-order valence-electron chi connectivity index (χ0n) is 15.2. The lowest BCUT2D eigenvalue weighted by Gasteiger charge is -2.13. The van der Waals surface area contributed by atoms with Crippen molar-refractivity contribution < 1.29 is 17.9 Å². The Morgan fingerprint density at radius 2 is 1.93 bits per heavy atom. The van der Waals surface area contributed by atoms with Crippen molar-refractivity contribution in [3.8, 4) is 5.75 Å². The number of hydrogen-bond acceptors (Lipinski definition) is 4. The molecule has 150 valence electrons. The van der Waals surface area contributed by atoms with Gasteiger partial charge in [-0.05, 0) is 26.8 Å². The van der Waals surface area contributed by atoms with Gasteiger partial charge < -0.3 is 15.4 Å². The summed E-state index contributed by atoms with van der Waals surface area (Å²) in [4.78, 5) is 9.94. The lowest BCUT2D eigenvalue weighted by molar-refractivity contribution is -0.274.